The molecule has 0 aliphatic carbocycles. The summed E-state index contributed by atoms with van der Waals surface area (Å²) < 4.78 is 6.57. The molecule has 1 saturated heterocycles. The molecule has 1 unspecified atom stereocenters. The van der Waals surface area contributed by atoms with E-state index in [-0.39, 0.29) is 16.7 Å². The molecule has 1 heterocycles. The number of non-ortho nitro benzene ring substituents is 1. The van der Waals surface area contributed by atoms with E-state index < -0.39 is 0 Å². The van der Waals surface area contributed by atoms with Crippen molar-refractivity contribution in [2.75, 3.05) is 38.1 Å². The molecule has 110 valence electrons. The van der Waals surface area contributed by atoms with Crippen LogP contribution in [0.15, 0.2) is 18.2 Å². The maximum absolute atomic E-state index is 10.7. The van der Waals surface area contributed by atoms with Crippen LogP contribution in [0.5, 0.6) is 0 Å². The number of hydrogen-bond donors (Lipinski definition) is 1. The molecule has 6 nitrogen and oxygen atoms in total. The zero-order chi connectivity index (χ0) is 14.5. The Labute approximate surface area is 131 Å². The van der Waals surface area contributed by atoms with Gasteiger partial charge in [-0.05, 0) is 35.2 Å². The fourth-order valence-corrected chi connectivity index (χ4v) is 2.87. The first-order valence-corrected chi connectivity index (χ1v) is 7.69. The number of nitro groups is 1. The molecular weight excluding hydrogens is 373 g/mol. The van der Waals surface area contributed by atoms with Crippen molar-refractivity contribution in [1.82, 2.24) is 4.90 Å². The Balaban J connectivity index is 1.92. The van der Waals surface area contributed by atoms with Crippen molar-refractivity contribution in [3.8, 4) is 0 Å². The number of nitrogens with one attached hydrogen (secondary N) is 1. The number of benzene rings is 1. The van der Waals surface area contributed by atoms with Crippen molar-refractivity contribution in [1.29, 1.82) is 0 Å². The minimum absolute atomic E-state index is 0.117. The van der Waals surface area contributed by atoms with Crippen LogP contribution in [0.1, 0.15) is 6.92 Å². The van der Waals surface area contributed by atoms with Crippen molar-refractivity contribution in [3.05, 3.63) is 31.9 Å². The number of nitrogens with zero attached hydrogens (tertiary/aromatic N) is 2. The van der Waals surface area contributed by atoms with Crippen LogP contribution in [0, 0.1) is 13.7 Å². The number of hydrogen-bond acceptors (Lipinski definition) is 5. The fraction of sp³-hybridized carbons (Fsp3) is 0.538. The van der Waals surface area contributed by atoms with Gasteiger partial charge in [-0.3, -0.25) is 15.0 Å². The van der Waals surface area contributed by atoms with Gasteiger partial charge in [0.15, 0.2) is 0 Å². The Kier molecular flexibility index (Phi) is 5.55. The molecule has 0 aromatic heterocycles. The number of ether oxygens (including phenoxy) is 1. The van der Waals surface area contributed by atoms with E-state index in [2.05, 4.69) is 39.7 Å². The van der Waals surface area contributed by atoms with Crippen molar-refractivity contribution < 1.29 is 9.66 Å². The lowest BCUT2D eigenvalue weighted by Crippen LogP contribution is -2.45. The highest BCUT2D eigenvalue weighted by Crippen LogP contribution is 2.23. The molecular formula is C13H18IN3O3. The van der Waals surface area contributed by atoms with Crippen LogP contribution in [0.2, 0.25) is 0 Å². The number of anilines is 1. The molecule has 0 bridgehead atoms. The lowest BCUT2D eigenvalue weighted by Gasteiger charge is -2.32. The summed E-state index contributed by atoms with van der Waals surface area (Å²) in [7, 11) is 0. The van der Waals surface area contributed by atoms with Gasteiger partial charge in [0.25, 0.3) is 5.69 Å². The Hall–Kier alpha value is -0.930. The first-order valence-electron chi connectivity index (χ1n) is 6.62. The van der Waals surface area contributed by atoms with Crippen LogP contribution >= 0.6 is 22.6 Å². The third-order valence-corrected chi connectivity index (χ3v) is 4.25. The monoisotopic (exact) mass is 391 g/mol. The smallest absolute Gasteiger partial charge is 0.270 e. The summed E-state index contributed by atoms with van der Waals surface area (Å²) in [6, 6.07) is 4.84. The summed E-state index contributed by atoms with van der Waals surface area (Å²) in [6.07, 6.45) is 0.162. The van der Waals surface area contributed by atoms with Gasteiger partial charge in [-0.1, -0.05) is 6.92 Å². The molecule has 20 heavy (non-hydrogen) atoms. The van der Waals surface area contributed by atoms with Gasteiger partial charge in [0.05, 0.1) is 17.6 Å². The minimum Gasteiger partial charge on any atom is -0.382 e. The molecule has 1 aliphatic rings. The molecule has 0 radical (unpaired) electrons. The summed E-state index contributed by atoms with van der Waals surface area (Å²) in [5, 5.41) is 14.0. The molecule has 2 rings (SSSR count). The molecule has 7 heteroatoms. The van der Waals surface area contributed by atoms with E-state index in [1.807, 2.05) is 0 Å². The maximum Gasteiger partial charge on any atom is 0.270 e. The van der Waals surface area contributed by atoms with Crippen molar-refractivity contribution >= 4 is 34.0 Å². The van der Waals surface area contributed by atoms with E-state index in [4.69, 9.17) is 4.74 Å². The average Bonchev–Trinajstić information content (AvgIpc) is 2.46. The second-order valence-electron chi connectivity index (χ2n) is 4.69. The Morgan fingerprint density at radius 3 is 3.05 bits per heavy atom. The Morgan fingerprint density at radius 1 is 1.60 bits per heavy atom. The minimum atomic E-state index is -0.380. The predicted octanol–water partition coefficient (Wildman–Crippen LogP) is 2.33. The molecule has 1 aromatic carbocycles. The molecule has 0 spiro atoms. The average molecular weight is 391 g/mol. The van der Waals surface area contributed by atoms with Gasteiger partial charge in [-0.25, -0.2) is 0 Å². The lowest BCUT2D eigenvalue weighted by atomic mass is 10.2. The number of likely N-dealkylation sites (N-methyl/N-ethyl adjacent to an activating group) is 1. The SMILES string of the molecule is CCN1CCOC(CNc2ccc([N+](=O)[O-])cc2I)C1. The largest absolute Gasteiger partial charge is 0.382 e. The van der Waals surface area contributed by atoms with Gasteiger partial charge in [-0.15, -0.1) is 0 Å². The van der Waals surface area contributed by atoms with E-state index in [1.54, 1.807) is 12.1 Å². The predicted molar refractivity (Wildman–Crippen MR) is 86.2 cm³/mol. The third-order valence-electron chi connectivity index (χ3n) is 3.35. The van der Waals surface area contributed by atoms with Crippen molar-refractivity contribution in [3.63, 3.8) is 0 Å². The van der Waals surface area contributed by atoms with Gasteiger partial charge in [0.1, 0.15) is 0 Å². The number of morpholine rings is 1. The zero-order valence-electron chi connectivity index (χ0n) is 11.3. The summed E-state index contributed by atoms with van der Waals surface area (Å²) >= 11 is 2.11. The number of nitro benzene ring substituents is 1. The third kappa shape index (κ3) is 4.03. The fourth-order valence-electron chi connectivity index (χ4n) is 2.18. The lowest BCUT2D eigenvalue weighted by molar-refractivity contribution is -0.384. The highest BCUT2D eigenvalue weighted by Gasteiger charge is 2.19. The second-order valence-corrected chi connectivity index (χ2v) is 5.85. The Morgan fingerprint density at radius 2 is 2.40 bits per heavy atom. The number of rotatable bonds is 5. The standard InChI is InChI=1S/C13H18IN3O3/c1-2-16-5-6-20-11(9-16)8-15-13-4-3-10(17(18)19)7-12(13)14/h3-4,7,11,15H,2,5-6,8-9H2,1H3. The van der Waals surface area contributed by atoms with Crippen molar-refractivity contribution in [2.24, 2.45) is 0 Å². The first-order chi connectivity index (χ1) is 9.60. The van der Waals surface area contributed by atoms with Crippen LogP contribution < -0.4 is 5.32 Å². The Bertz CT molecular complexity index is 484. The van der Waals surface area contributed by atoms with E-state index in [9.17, 15) is 10.1 Å². The molecule has 0 saturated carbocycles. The summed E-state index contributed by atoms with van der Waals surface area (Å²) in [4.78, 5) is 12.7. The summed E-state index contributed by atoms with van der Waals surface area (Å²) in [5.74, 6) is 0. The molecule has 0 amide bonds. The van der Waals surface area contributed by atoms with Crippen LogP contribution in [0.3, 0.4) is 0 Å². The van der Waals surface area contributed by atoms with Crippen LogP contribution in [0.4, 0.5) is 11.4 Å². The van der Waals surface area contributed by atoms with E-state index in [0.29, 0.717) is 6.54 Å². The maximum atomic E-state index is 10.7. The normalized spacial score (nSPS) is 19.8. The van der Waals surface area contributed by atoms with Crippen LogP contribution in [0.25, 0.3) is 0 Å². The quantitative estimate of drug-likeness (QED) is 0.474. The molecule has 1 atom stereocenters. The molecule has 1 aromatic rings. The molecule has 1 N–H and O–H groups in total. The van der Waals surface area contributed by atoms with Gasteiger partial charge < -0.3 is 10.1 Å². The van der Waals surface area contributed by atoms with Crippen LogP contribution in [-0.4, -0.2) is 48.7 Å². The summed E-state index contributed by atoms with van der Waals surface area (Å²) in [5.41, 5.74) is 1.03. The van der Waals surface area contributed by atoms with Crippen LogP contribution in [-0.2, 0) is 4.74 Å². The molecule has 1 aliphatic heterocycles. The topological polar surface area (TPSA) is 67.6 Å². The van der Waals surface area contributed by atoms with E-state index in [1.165, 1.54) is 6.07 Å². The van der Waals surface area contributed by atoms with Gasteiger partial charge in [-0.2, -0.15) is 0 Å². The second kappa shape index (κ2) is 7.19. The first kappa shape index (κ1) is 15.5. The zero-order valence-corrected chi connectivity index (χ0v) is 13.5. The highest BCUT2D eigenvalue weighted by molar-refractivity contribution is 14.1. The van der Waals surface area contributed by atoms with Gasteiger partial charge in [0.2, 0.25) is 0 Å². The highest BCUT2D eigenvalue weighted by atomic mass is 127. The van der Waals surface area contributed by atoms with Gasteiger partial charge >= 0.3 is 0 Å². The number of halogens is 1. The van der Waals surface area contributed by atoms with Crippen molar-refractivity contribution in [2.45, 2.75) is 13.0 Å². The van der Waals surface area contributed by atoms with E-state index in [0.717, 1.165) is 35.5 Å². The van der Waals surface area contributed by atoms with Gasteiger partial charge in [0, 0.05) is 41.0 Å². The summed E-state index contributed by atoms with van der Waals surface area (Å²) in [6.45, 7) is 6.57. The molecule has 1 fully saturated rings. The van der Waals surface area contributed by atoms with E-state index >= 15 is 0 Å².